The molecule has 182 valence electrons. The lowest BCUT2D eigenvalue weighted by Gasteiger charge is -2.06. The molecule has 0 aromatic carbocycles. The SMILES string of the molecule is CCCCCCCCCCCCCCCCCCCCCCCCCCC(O)CN. The van der Waals surface area contributed by atoms with Gasteiger partial charge in [-0.1, -0.05) is 161 Å². The van der Waals surface area contributed by atoms with E-state index in [1.54, 1.807) is 0 Å². The molecule has 0 heterocycles. The Morgan fingerprint density at radius 2 is 0.667 bits per heavy atom. The van der Waals surface area contributed by atoms with E-state index in [-0.39, 0.29) is 6.10 Å². The quantitative estimate of drug-likeness (QED) is 0.136. The molecule has 0 amide bonds. The first-order valence-corrected chi connectivity index (χ1v) is 14.2. The Hall–Kier alpha value is -0.0800. The van der Waals surface area contributed by atoms with Gasteiger partial charge in [0.2, 0.25) is 0 Å². The van der Waals surface area contributed by atoms with E-state index in [9.17, 15) is 5.11 Å². The first-order chi connectivity index (χ1) is 14.8. The number of hydrogen-bond acceptors (Lipinski definition) is 2. The van der Waals surface area contributed by atoms with Crippen LogP contribution in [0.1, 0.15) is 167 Å². The Balaban J connectivity index is 3.00. The topological polar surface area (TPSA) is 46.2 Å². The van der Waals surface area contributed by atoms with Gasteiger partial charge in [0, 0.05) is 6.54 Å². The summed E-state index contributed by atoms with van der Waals surface area (Å²) in [6, 6.07) is 0. The van der Waals surface area contributed by atoms with Gasteiger partial charge in [0.1, 0.15) is 0 Å². The molecule has 2 heteroatoms. The van der Waals surface area contributed by atoms with Crippen LogP contribution in [0.3, 0.4) is 0 Å². The lowest BCUT2D eigenvalue weighted by Crippen LogP contribution is -2.19. The third-order valence-corrected chi connectivity index (χ3v) is 6.66. The van der Waals surface area contributed by atoms with Gasteiger partial charge >= 0.3 is 0 Å². The van der Waals surface area contributed by atoms with Crippen molar-refractivity contribution in [1.29, 1.82) is 0 Å². The van der Waals surface area contributed by atoms with Crippen LogP contribution in [0.2, 0.25) is 0 Å². The van der Waals surface area contributed by atoms with E-state index in [1.165, 1.54) is 148 Å². The molecule has 3 N–H and O–H groups in total. The molecular formula is C28H59NO. The first kappa shape index (κ1) is 29.9. The van der Waals surface area contributed by atoms with E-state index in [4.69, 9.17) is 5.73 Å². The fraction of sp³-hybridized carbons (Fsp3) is 1.00. The molecule has 0 aliphatic heterocycles. The van der Waals surface area contributed by atoms with Crippen molar-refractivity contribution in [3.05, 3.63) is 0 Å². The number of rotatable bonds is 26. The van der Waals surface area contributed by atoms with E-state index in [0.29, 0.717) is 6.54 Å². The second kappa shape index (κ2) is 27.0. The van der Waals surface area contributed by atoms with Gasteiger partial charge in [-0.05, 0) is 6.42 Å². The molecule has 0 aliphatic rings. The zero-order valence-electron chi connectivity index (χ0n) is 21.0. The van der Waals surface area contributed by atoms with Crippen LogP contribution in [-0.2, 0) is 0 Å². The van der Waals surface area contributed by atoms with Crippen molar-refractivity contribution < 1.29 is 5.11 Å². The molecule has 0 radical (unpaired) electrons. The summed E-state index contributed by atoms with van der Waals surface area (Å²) in [5.74, 6) is 0. The maximum absolute atomic E-state index is 9.41. The van der Waals surface area contributed by atoms with Crippen LogP contribution >= 0.6 is 0 Å². The van der Waals surface area contributed by atoms with Gasteiger partial charge in [0.15, 0.2) is 0 Å². The summed E-state index contributed by atoms with van der Waals surface area (Å²) >= 11 is 0. The summed E-state index contributed by atoms with van der Waals surface area (Å²) in [7, 11) is 0. The van der Waals surface area contributed by atoms with Crippen molar-refractivity contribution >= 4 is 0 Å². The van der Waals surface area contributed by atoms with Gasteiger partial charge in [-0.3, -0.25) is 0 Å². The molecule has 1 atom stereocenters. The summed E-state index contributed by atoms with van der Waals surface area (Å²) in [6.45, 7) is 2.71. The van der Waals surface area contributed by atoms with Crippen molar-refractivity contribution in [1.82, 2.24) is 0 Å². The maximum atomic E-state index is 9.41. The molecule has 0 fully saturated rings. The van der Waals surface area contributed by atoms with Crippen LogP contribution in [0, 0.1) is 0 Å². The molecule has 1 unspecified atom stereocenters. The first-order valence-electron chi connectivity index (χ1n) is 14.2. The fourth-order valence-electron chi connectivity index (χ4n) is 4.46. The van der Waals surface area contributed by atoms with Gasteiger partial charge in [-0.25, -0.2) is 0 Å². The normalized spacial score (nSPS) is 12.5. The standard InChI is InChI=1S/C28H59NO/c1-2-3-4-5-6-7-8-9-10-11-12-13-14-15-16-17-18-19-20-21-22-23-24-25-26-28(30)27-29/h28,30H,2-27,29H2,1H3. The Labute approximate surface area is 191 Å². The van der Waals surface area contributed by atoms with Crippen LogP contribution in [0.25, 0.3) is 0 Å². The van der Waals surface area contributed by atoms with Crippen molar-refractivity contribution in [3.63, 3.8) is 0 Å². The minimum absolute atomic E-state index is 0.273. The average Bonchev–Trinajstić information content (AvgIpc) is 2.76. The molecule has 0 rings (SSSR count). The Morgan fingerprint density at radius 1 is 0.433 bits per heavy atom. The summed E-state index contributed by atoms with van der Waals surface area (Å²) in [6.07, 6.45) is 34.8. The molecule has 0 bridgehead atoms. The predicted molar refractivity (Wildman–Crippen MR) is 136 cm³/mol. The lowest BCUT2D eigenvalue weighted by molar-refractivity contribution is 0.168. The number of aliphatic hydroxyl groups excluding tert-OH is 1. The molecule has 0 aliphatic carbocycles. The minimum Gasteiger partial charge on any atom is -0.392 e. The van der Waals surface area contributed by atoms with E-state index >= 15 is 0 Å². The summed E-state index contributed by atoms with van der Waals surface area (Å²) in [5.41, 5.74) is 5.42. The molecule has 0 saturated heterocycles. The highest BCUT2D eigenvalue weighted by Crippen LogP contribution is 2.15. The van der Waals surface area contributed by atoms with Gasteiger partial charge in [0.05, 0.1) is 6.10 Å². The fourth-order valence-corrected chi connectivity index (χ4v) is 4.46. The van der Waals surface area contributed by atoms with Crippen molar-refractivity contribution in [2.75, 3.05) is 6.54 Å². The Morgan fingerprint density at radius 3 is 0.900 bits per heavy atom. The number of nitrogens with two attached hydrogens (primary N) is 1. The van der Waals surface area contributed by atoms with Crippen LogP contribution < -0.4 is 5.73 Å². The highest BCUT2D eigenvalue weighted by Gasteiger charge is 2.00. The zero-order valence-corrected chi connectivity index (χ0v) is 21.0. The van der Waals surface area contributed by atoms with Gasteiger partial charge < -0.3 is 10.8 Å². The molecular weight excluding hydrogens is 366 g/mol. The average molecular weight is 426 g/mol. The van der Waals surface area contributed by atoms with E-state index in [1.807, 2.05) is 0 Å². The largest absolute Gasteiger partial charge is 0.392 e. The maximum Gasteiger partial charge on any atom is 0.0662 e. The molecule has 0 spiro atoms. The predicted octanol–water partition coefficient (Wildman–Crippen LogP) is 9.08. The van der Waals surface area contributed by atoms with E-state index in [0.717, 1.165) is 12.8 Å². The van der Waals surface area contributed by atoms with E-state index < -0.39 is 0 Å². The minimum atomic E-state index is -0.273. The number of aliphatic hydroxyl groups is 1. The summed E-state index contributed by atoms with van der Waals surface area (Å²) in [5, 5.41) is 9.41. The smallest absolute Gasteiger partial charge is 0.0662 e. The number of unbranched alkanes of at least 4 members (excludes halogenated alkanes) is 23. The van der Waals surface area contributed by atoms with Gasteiger partial charge in [0.25, 0.3) is 0 Å². The zero-order chi connectivity index (χ0) is 22.0. The van der Waals surface area contributed by atoms with Crippen molar-refractivity contribution in [3.8, 4) is 0 Å². The van der Waals surface area contributed by atoms with E-state index in [2.05, 4.69) is 6.92 Å². The van der Waals surface area contributed by atoms with Crippen LogP contribution in [0.5, 0.6) is 0 Å². The summed E-state index contributed by atoms with van der Waals surface area (Å²) in [4.78, 5) is 0. The second-order valence-corrected chi connectivity index (χ2v) is 9.81. The number of hydrogen-bond donors (Lipinski definition) is 2. The monoisotopic (exact) mass is 425 g/mol. The Bertz CT molecular complexity index is 294. The molecule has 0 aromatic heterocycles. The van der Waals surface area contributed by atoms with Crippen molar-refractivity contribution in [2.45, 2.75) is 174 Å². The molecule has 0 aromatic rings. The van der Waals surface area contributed by atoms with Crippen molar-refractivity contribution in [2.24, 2.45) is 5.73 Å². The van der Waals surface area contributed by atoms with Gasteiger partial charge in [-0.2, -0.15) is 0 Å². The van der Waals surface area contributed by atoms with Crippen LogP contribution in [-0.4, -0.2) is 17.8 Å². The Kier molecular flexibility index (Phi) is 26.9. The molecule has 0 saturated carbocycles. The second-order valence-electron chi connectivity index (χ2n) is 9.81. The van der Waals surface area contributed by atoms with Crippen LogP contribution in [0.4, 0.5) is 0 Å². The highest BCUT2D eigenvalue weighted by molar-refractivity contribution is 4.56. The molecule has 30 heavy (non-hydrogen) atoms. The highest BCUT2D eigenvalue weighted by atomic mass is 16.3. The summed E-state index contributed by atoms with van der Waals surface area (Å²) < 4.78 is 0. The molecule has 2 nitrogen and oxygen atoms in total. The van der Waals surface area contributed by atoms with Gasteiger partial charge in [-0.15, -0.1) is 0 Å². The third-order valence-electron chi connectivity index (χ3n) is 6.66. The van der Waals surface area contributed by atoms with Crippen LogP contribution in [0.15, 0.2) is 0 Å². The lowest BCUT2D eigenvalue weighted by atomic mass is 10.0. The third kappa shape index (κ3) is 26.0.